The molecule has 0 spiro atoms. The molecule has 0 radical (unpaired) electrons. The van der Waals surface area contributed by atoms with E-state index in [4.69, 9.17) is 37.5 Å². The zero-order chi connectivity index (χ0) is 56.7. The third kappa shape index (κ3) is 6.40. The molecule has 3 aromatic heterocycles. The quantitative estimate of drug-likeness (QED) is 0.160. The number of aromatic nitrogens is 3. The van der Waals surface area contributed by atoms with Crippen LogP contribution in [0.5, 0.6) is 0 Å². The Morgan fingerprint density at radius 2 is 0.855 bits per heavy atom. The fraction of sp³-hybridized carbons (Fsp3) is 0. The maximum Gasteiger partial charge on any atom is 0.164 e. The van der Waals surface area contributed by atoms with Crippen LogP contribution in [0.3, 0.4) is 0 Å². The zero-order valence-corrected chi connectivity index (χ0v) is 32.0. The van der Waals surface area contributed by atoms with Gasteiger partial charge in [-0.05, 0) is 111 Å². The predicted octanol–water partition coefficient (Wildman–Crippen LogP) is 15.3. The highest BCUT2D eigenvalue weighted by Gasteiger charge is 2.17. The largest absolute Gasteiger partial charge is 0.456 e. The second kappa shape index (κ2) is 14.7. The van der Waals surface area contributed by atoms with Gasteiger partial charge in [-0.1, -0.05) is 145 Å². The summed E-state index contributed by atoms with van der Waals surface area (Å²) >= 11 is 0. The van der Waals surface area contributed by atoms with Gasteiger partial charge in [0, 0.05) is 38.2 Å². The molecule has 290 valence electrons. The minimum absolute atomic E-state index is 0.146. The molecule has 9 aromatic carbocycles. The van der Waals surface area contributed by atoms with Crippen molar-refractivity contribution < 1.29 is 33.5 Å². The van der Waals surface area contributed by atoms with Crippen molar-refractivity contribution >= 4 is 43.9 Å². The van der Waals surface area contributed by atoms with Gasteiger partial charge in [-0.15, -0.1) is 0 Å². The van der Waals surface area contributed by atoms with Gasteiger partial charge in [0.05, 0.1) is 24.7 Å². The SMILES string of the molecule is [2H]c1c([2H])c([2H])c(-c2c([2H])c(-c3cc([2H])c4oc5c([2H])c(-c6nc(-c7ccc(-c8ccccc8)cc7)nc(-c7ccc8oc9ccccc9c8c7)n6)c([2H])c([2H])c5c4c3[2H])c([2H])c(-c3c([2H])c([2H])c([2H])c([2H])c3[2H])c2[2H])c([2H])c1[2H]. The molecule has 0 bridgehead atoms. The van der Waals surface area contributed by atoms with Crippen LogP contribution in [0.25, 0.3) is 123 Å². The average molecular weight is 812 g/mol. The lowest BCUT2D eigenvalue weighted by Crippen LogP contribution is -2.00. The van der Waals surface area contributed by atoms with Gasteiger partial charge in [0.1, 0.15) is 22.3 Å². The summed E-state index contributed by atoms with van der Waals surface area (Å²) in [5.41, 5.74) is -0.643. The van der Waals surface area contributed by atoms with E-state index in [2.05, 4.69) is 0 Å². The lowest BCUT2D eigenvalue weighted by atomic mass is 9.93. The Labute approximate surface area is 382 Å². The zero-order valence-electron chi connectivity index (χ0n) is 50.0. The molecule has 0 fully saturated rings. The Hall–Kier alpha value is -8.41. The molecule has 0 saturated carbocycles. The number of benzene rings is 9. The molecule has 0 aliphatic carbocycles. The first kappa shape index (κ1) is 21.7. The van der Waals surface area contributed by atoms with Crippen molar-refractivity contribution in [1.29, 1.82) is 0 Å². The Kier molecular flexibility index (Phi) is 5.15. The third-order valence-corrected chi connectivity index (χ3v) is 10.3. The van der Waals surface area contributed by atoms with Crippen molar-refractivity contribution in [3.05, 3.63) is 212 Å². The maximum atomic E-state index is 9.78. The number of furan rings is 2. The number of fused-ring (bicyclic) bond motifs is 6. The highest BCUT2D eigenvalue weighted by Crippen LogP contribution is 2.39. The Balaban J connectivity index is 1.11. The van der Waals surface area contributed by atoms with Crippen LogP contribution in [0, 0.1) is 0 Å². The van der Waals surface area contributed by atoms with Gasteiger partial charge in [-0.25, -0.2) is 15.0 Å². The molecule has 12 aromatic rings. The summed E-state index contributed by atoms with van der Waals surface area (Å²) in [6.07, 6.45) is 0. The van der Waals surface area contributed by atoms with Gasteiger partial charge >= 0.3 is 0 Å². The molecule has 0 amide bonds. The van der Waals surface area contributed by atoms with Gasteiger partial charge in [0.25, 0.3) is 0 Å². The van der Waals surface area contributed by atoms with Crippen molar-refractivity contribution in [3.63, 3.8) is 0 Å². The molecule has 0 aliphatic heterocycles. The summed E-state index contributed by atoms with van der Waals surface area (Å²) in [4.78, 5) is 14.5. The Morgan fingerprint density at radius 1 is 0.290 bits per heavy atom. The number of para-hydroxylation sites is 1. The van der Waals surface area contributed by atoms with E-state index >= 15 is 0 Å². The summed E-state index contributed by atoms with van der Waals surface area (Å²) in [6.45, 7) is 0. The van der Waals surface area contributed by atoms with Crippen molar-refractivity contribution in [3.8, 4) is 78.7 Å². The summed E-state index contributed by atoms with van der Waals surface area (Å²) in [5.74, 6) is 0.116. The van der Waals surface area contributed by atoms with E-state index < -0.39 is 142 Å². The molecule has 0 aliphatic rings. The molecule has 5 heteroatoms. The first-order valence-corrected chi connectivity index (χ1v) is 19.3. The van der Waals surface area contributed by atoms with E-state index in [1.165, 1.54) is 0 Å². The summed E-state index contributed by atoms with van der Waals surface area (Å²) in [7, 11) is 0. The lowest BCUT2D eigenvalue weighted by molar-refractivity contribution is 0.668. The Morgan fingerprint density at radius 3 is 1.58 bits per heavy atom. The van der Waals surface area contributed by atoms with E-state index in [0.29, 0.717) is 22.3 Å². The van der Waals surface area contributed by atoms with Gasteiger partial charge in [-0.3, -0.25) is 0 Å². The minimum Gasteiger partial charge on any atom is -0.456 e. The van der Waals surface area contributed by atoms with Crippen LogP contribution < -0.4 is 0 Å². The van der Waals surface area contributed by atoms with Crippen LogP contribution in [-0.4, -0.2) is 15.0 Å². The highest BCUT2D eigenvalue weighted by molar-refractivity contribution is 6.08. The molecule has 0 unspecified atom stereocenters. The first-order chi connectivity index (χ1) is 38.2. The molecule has 12 rings (SSSR count). The smallest absolute Gasteiger partial charge is 0.164 e. The number of hydrogen-bond acceptors (Lipinski definition) is 5. The van der Waals surface area contributed by atoms with Crippen LogP contribution in [0.1, 0.15) is 24.7 Å². The summed E-state index contributed by atoms with van der Waals surface area (Å²) < 4.78 is 175. The van der Waals surface area contributed by atoms with E-state index in [1.807, 2.05) is 84.9 Å². The van der Waals surface area contributed by atoms with Crippen molar-refractivity contribution in [1.82, 2.24) is 15.0 Å². The monoisotopic (exact) mass is 811 g/mol. The van der Waals surface area contributed by atoms with E-state index in [0.717, 1.165) is 28.0 Å². The van der Waals surface area contributed by atoms with E-state index in [1.54, 1.807) is 12.1 Å². The van der Waals surface area contributed by atoms with E-state index in [9.17, 15) is 11.0 Å². The molecular formula is C57H35N3O2. The van der Waals surface area contributed by atoms with Crippen LogP contribution in [-0.2, 0) is 0 Å². The predicted molar refractivity (Wildman–Crippen MR) is 252 cm³/mol. The Bertz CT molecular complexity index is 4540. The molecule has 0 atom stereocenters. The van der Waals surface area contributed by atoms with Crippen LogP contribution in [0.4, 0.5) is 0 Å². The van der Waals surface area contributed by atoms with Crippen molar-refractivity contribution in [2.24, 2.45) is 0 Å². The lowest BCUT2D eigenvalue weighted by Gasteiger charge is -2.11. The number of rotatable bonds is 7. The second-order valence-electron chi connectivity index (χ2n) is 14.1. The highest BCUT2D eigenvalue weighted by atomic mass is 16.3. The topological polar surface area (TPSA) is 65.0 Å². The first-order valence-electron chi connectivity index (χ1n) is 28.3. The third-order valence-electron chi connectivity index (χ3n) is 10.3. The fourth-order valence-electron chi connectivity index (χ4n) is 7.34. The minimum atomic E-state index is -0.906. The molecule has 0 saturated heterocycles. The van der Waals surface area contributed by atoms with Gasteiger partial charge < -0.3 is 8.83 Å². The molecule has 5 nitrogen and oxygen atoms in total. The van der Waals surface area contributed by atoms with Crippen LogP contribution in [0.2, 0.25) is 0 Å². The molecule has 62 heavy (non-hydrogen) atoms. The standard InChI is InChI=1S/C57H35N3O2/c1-4-12-36(13-5-1)39-20-22-40(23-21-39)55-58-56(42-26-29-52-50(34-42)47-18-10-11-19-51(47)61-52)60-57(59-55)43-24-27-48-49-33-41(25-28-53(49)62-54(48)35-43)46-31-44(37-14-6-2-7-15-37)30-45(32-46)38-16-8-3-9-17-38/h1-35H/i2D,3D,6D,7D,8D,9D,14D,15D,16D,17D,24D,27D,28D,30D,31D,32D,33D,35D. The summed E-state index contributed by atoms with van der Waals surface area (Å²) in [5, 5.41) is 0.993. The van der Waals surface area contributed by atoms with Crippen molar-refractivity contribution in [2.45, 2.75) is 0 Å². The molecule has 0 N–H and O–H groups in total. The maximum absolute atomic E-state index is 9.78. The average Bonchev–Trinajstić information content (AvgIpc) is 4.19. The van der Waals surface area contributed by atoms with Crippen LogP contribution in [0.15, 0.2) is 221 Å². The van der Waals surface area contributed by atoms with Gasteiger partial charge in [0.15, 0.2) is 17.5 Å². The number of hydrogen-bond donors (Lipinski definition) is 0. The van der Waals surface area contributed by atoms with Gasteiger partial charge in [-0.2, -0.15) is 0 Å². The number of nitrogens with zero attached hydrogens (tertiary/aromatic N) is 3. The van der Waals surface area contributed by atoms with E-state index in [-0.39, 0.29) is 45.0 Å². The molecule has 3 heterocycles. The second-order valence-corrected chi connectivity index (χ2v) is 14.1. The summed E-state index contributed by atoms with van der Waals surface area (Å²) in [6, 6.07) is 17.1. The fourth-order valence-corrected chi connectivity index (χ4v) is 7.34. The van der Waals surface area contributed by atoms with Crippen LogP contribution >= 0.6 is 0 Å². The normalized spacial score (nSPS) is 15.6. The molecular weight excluding hydrogens is 759 g/mol. The van der Waals surface area contributed by atoms with Crippen molar-refractivity contribution in [2.75, 3.05) is 0 Å². The van der Waals surface area contributed by atoms with Gasteiger partial charge in [0.2, 0.25) is 0 Å².